The third kappa shape index (κ3) is 2.80. The maximum Gasteiger partial charge on any atom is 0.416 e. The van der Waals surface area contributed by atoms with E-state index in [-0.39, 0.29) is 12.0 Å². The predicted octanol–water partition coefficient (Wildman–Crippen LogP) is 3.72. The first-order valence-electron chi connectivity index (χ1n) is 5.82. The van der Waals surface area contributed by atoms with Gasteiger partial charge in [-0.25, -0.2) is 0 Å². The largest absolute Gasteiger partial charge is 0.416 e. The molecule has 1 N–H and O–H groups in total. The number of aliphatic hydroxyl groups excluding tert-OH is 1. The molecule has 0 aliphatic heterocycles. The molecule has 0 saturated heterocycles. The maximum atomic E-state index is 12.8. The monoisotopic (exact) mass is 244 g/mol. The number of aliphatic hydroxyl groups is 1. The number of alkyl halides is 3. The summed E-state index contributed by atoms with van der Waals surface area (Å²) in [7, 11) is 0. The molecule has 1 saturated carbocycles. The zero-order valence-electron chi connectivity index (χ0n) is 9.37. The van der Waals surface area contributed by atoms with Crippen molar-refractivity contribution in [1.82, 2.24) is 0 Å². The van der Waals surface area contributed by atoms with Gasteiger partial charge in [0.1, 0.15) is 0 Å². The summed E-state index contributed by atoms with van der Waals surface area (Å²) < 4.78 is 38.5. The Labute approximate surface area is 98.3 Å². The van der Waals surface area contributed by atoms with Gasteiger partial charge in [-0.05, 0) is 43.2 Å². The Balaban J connectivity index is 2.26. The topological polar surface area (TPSA) is 20.2 Å². The number of hydrogen-bond acceptors (Lipinski definition) is 1. The van der Waals surface area contributed by atoms with Crippen molar-refractivity contribution < 1.29 is 18.3 Å². The van der Waals surface area contributed by atoms with E-state index in [0.29, 0.717) is 31.2 Å². The van der Waals surface area contributed by atoms with Crippen LogP contribution < -0.4 is 0 Å². The first kappa shape index (κ1) is 12.4. The minimum absolute atomic E-state index is 0.0729. The van der Waals surface area contributed by atoms with Crippen LogP contribution in [-0.4, -0.2) is 11.2 Å². The number of rotatable bonds is 1. The minimum Gasteiger partial charge on any atom is -0.393 e. The highest BCUT2D eigenvalue weighted by Gasteiger charge is 2.35. The molecule has 0 heterocycles. The van der Waals surface area contributed by atoms with Gasteiger partial charge in [-0.15, -0.1) is 0 Å². The van der Waals surface area contributed by atoms with Crippen LogP contribution in [0.4, 0.5) is 13.2 Å². The molecule has 0 radical (unpaired) electrons. The Morgan fingerprint density at radius 1 is 1.00 bits per heavy atom. The molecule has 0 bridgehead atoms. The molecule has 1 aliphatic carbocycles. The van der Waals surface area contributed by atoms with Crippen molar-refractivity contribution in [2.45, 2.75) is 43.9 Å². The zero-order chi connectivity index (χ0) is 12.5. The van der Waals surface area contributed by atoms with Crippen molar-refractivity contribution in [1.29, 1.82) is 0 Å². The van der Waals surface area contributed by atoms with E-state index in [1.165, 1.54) is 6.07 Å². The predicted molar refractivity (Wildman–Crippen MR) is 58.7 cm³/mol. The SMILES string of the molecule is O[C@H]1CC[C@@H](c2ccccc2C(F)(F)F)CC1. The lowest BCUT2D eigenvalue weighted by molar-refractivity contribution is -0.138. The van der Waals surface area contributed by atoms with Crippen molar-refractivity contribution >= 4 is 0 Å². The Hall–Kier alpha value is -1.03. The molecule has 0 atom stereocenters. The average molecular weight is 244 g/mol. The maximum absolute atomic E-state index is 12.8. The average Bonchev–Trinajstić information content (AvgIpc) is 2.29. The lowest BCUT2D eigenvalue weighted by Crippen LogP contribution is -2.19. The van der Waals surface area contributed by atoms with Gasteiger partial charge in [-0.3, -0.25) is 0 Å². The standard InChI is InChI=1S/C13H15F3O/c14-13(15,16)12-4-2-1-3-11(12)9-5-7-10(17)8-6-9/h1-4,9-10,17H,5-8H2/t9-,10+. The first-order valence-corrected chi connectivity index (χ1v) is 5.82. The van der Waals surface area contributed by atoms with Gasteiger partial charge in [0.05, 0.1) is 11.7 Å². The molecule has 17 heavy (non-hydrogen) atoms. The second-order valence-electron chi connectivity index (χ2n) is 4.59. The Kier molecular flexibility index (Phi) is 3.43. The van der Waals surface area contributed by atoms with E-state index in [1.54, 1.807) is 12.1 Å². The van der Waals surface area contributed by atoms with Gasteiger partial charge < -0.3 is 5.11 Å². The van der Waals surface area contributed by atoms with E-state index < -0.39 is 11.7 Å². The number of hydrogen-bond donors (Lipinski definition) is 1. The molecule has 0 amide bonds. The molecule has 0 aromatic heterocycles. The van der Waals surface area contributed by atoms with Crippen LogP contribution in [0.2, 0.25) is 0 Å². The second kappa shape index (κ2) is 4.69. The second-order valence-corrected chi connectivity index (χ2v) is 4.59. The summed E-state index contributed by atoms with van der Waals surface area (Å²) in [5.41, 5.74) is -0.145. The molecule has 0 unspecified atom stereocenters. The molecular formula is C13H15F3O. The van der Waals surface area contributed by atoms with E-state index in [0.717, 1.165) is 6.07 Å². The fourth-order valence-electron chi connectivity index (χ4n) is 2.50. The lowest BCUT2D eigenvalue weighted by Gasteiger charge is -2.27. The molecule has 1 aliphatic rings. The highest BCUT2D eigenvalue weighted by molar-refractivity contribution is 5.33. The van der Waals surface area contributed by atoms with Gasteiger partial charge >= 0.3 is 6.18 Å². The molecule has 1 nitrogen and oxygen atoms in total. The molecule has 4 heteroatoms. The van der Waals surface area contributed by atoms with Crippen LogP contribution in [-0.2, 0) is 6.18 Å². The van der Waals surface area contributed by atoms with Crippen LogP contribution in [0.25, 0.3) is 0 Å². The Morgan fingerprint density at radius 3 is 2.18 bits per heavy atom. The van der Waals surface area contributed by atoms with E-state index in [1.807, 2.05) is 0 Å². The van der Waals surface area contributed by atoms with Crippen LogP contribution in [0.1, 0.15) is 42.7 Å². The van der Waals surface area contributed by atoms with Gasteiger partial charge in [-0.2, -0.15) is 13.2 Å². The number of halogens is 3. The van der Waals surface area contributed by atoms with Gasteiger partial charge in [0.25, 0.3) is 0 Å². The van der Waals surface area contributed by atoms with Gasteiger partial charge in [0, 0.05) is 0 Å². The van der Waals surface area contributed by atoms with Crippen molar-refractivity contribution in [3.63, 3.8) is 0 Å². The Bertz CT molecular complexity index is 378. The summed E-state index contributed by atoms with van der Waals surface area (Å²) in [6, 6.07) is 5.77. The van der Waals surface area contributed by atoms with Gasteiger partial charge in [0.2, 0.25) is 0 Å². The fourth-order valence-corrected chi connectivity index (χ4v) is 2.50. The van der Waals surface area contributed by atoms with E-state index in [2.05, 4.69) is 0 Å². The molecule has 1 aromatic rings. The summed E-state index contributed by atoms with van der Waals surface area (Å²) >= 11 is 0. The first-order chi connectivity index (χ1) is 7.98. The van der Waals surface area contributed by atoms with E-state index in [4.69, 9.17) is 0 Å². The fraction of sp³-hybridized carbons (Fsp3) is 0.538. The Morgan fingerprint density at radius 2 is 1.59 bits per heavy atom. The van der Waals surface area contributed by atoms with Crippen LogP contribution in [0, 0.1) is 0 Å². The van der Waals surface area contributed by atoms with Crippen LogP contribution in [0.15, 0.2) is 24.3 Å². The van der Waals surface area contributed by atoms with Crippen LogP contribution in [0.3, 0.4) is 0 Å². The minimum atomic E-state index is -4.29. The molecule has 1 aromatic carbocycles. The van der Waals surface area contributed by atoms with Gasteiger partial charge in [0.15, 0.2) is 0 Å². The van der Waals surface area contributed by atoms with Crippen LogP contribution in [0.5, 0.6) is 0 Å². The summed E-state index contributed by atoms with van der Waals surface area (Å²) in [6.45, 7) is 0. The smallest absolute Gasteiger partial charge is 0.393 e. The normalized spacial score (nSPS) is 25.9. The molecule has 2 rings (SSSR count). The quantitative estimate of drug-likeness (QED) is 0.798. The summed E-state index contributed by atoms with van der Waals surface area (Å²) in [6.07, 6.45) is -2.17. The van der Waals surface area contributed by atoms with Gasteiger partial charge in [-0.1, -0.05) is 18.2 Å². The highest BCUT2D eigenvalue weighted by Crippen LogP contribution is 2.40. The lowest BCUT2D eigenvalue weighted by atomic mass is 9.81. The molecule has 0 spiro atoms. The van der Waals surface area contributed by atoms with Crippen molar-refractivity contribution in [2.75, 3.05) is 0 Å². The zero-order valence-corrected chi connectivity index (χ0v) is 9.37. The third-order valence-corrected chi connectivity index (χ3v) is 3.40. The van der Waals surface area contributed by atoms with Crippen molar-refractivity contribution in [3.05, 3.63) is 35.4 Å². The van der Waals surface area contributed by atoms with E-state index in [9.17, 15) is 18.3 Å². The number of benzene rings is 1. The highest BCUT2D eigenvalue weighted by atomic mass is 19.4. The summed E-state index contributed by atoms with van der Waals surface area (Å²) in [4.78, 5) is 0. The van der Waals surface area contributed by atoms with E-state index >= 15 is 0 Å². The van der Waals surface area contributed by atoms with Crippen molar-refractivity contribution in [3.8, 4) is 0 Å². The molecule has 94 valence electrons. The molecule has 1 fully saturated rings. The summed E-state index contributed by atoms with van der Waals surface area (Å²) in [5, 5.41) is 9.38. The molecular weight excluding hydrogens is 229 g/mol. The van der Waals surface area contributed by atoms with Crippen molar-refractivity contribution in [2.24, 2.45) is 0 Å². The summed E-state index contributed by atoms with van der Waals surface area (Å²) in [5.74, 6) is -0.0729. The third-order valence-electron chi connectivity index (χ3n) is 3.40. The van der Waals surface area contributed by atoms with Crippen LogP contribution >= 0.6 is 0 Å².